The molecule has 0 radical (unpaired) electrons. The predicted molar refractivity (Wildman–Crippen MR) is 102 cm³/mol. The second kappa shape index (κ2) is 7.45. The normalized spacial score (nSPS) is 15.7. The Morgan fingerprint density at radius 1 is 1.00 bits per heavy atom. The van der Waals surface area contributed by atoms with E-state index in [2.05, 4.69) is 5.32 Å². The van der Waals surface area contributed by atoms with Crippen molar-refractivity contribution in [2.75, 3.05) is 38.5 Å². The summed E-state index contributed by atoms with van der Waals surface area (Å²) < 4.78 is 23.9. The largest absolute Gasteiger partial charge is 0.388 e. The van der Waals surface area contributed by atoms with Gasteiger partial charge in [-0.05, 0) is 35.4 Å². The van der Waals surface area contributed by atoms with Crippen LogP contribution in [0, 0.1) is 0 Å². The Morgan fingerprint density at radius 3 is 2.23 bits per heavy atom. The maximum atomic E-state index is 12.8. The Bertz CT molecular complexity index is 889. The third kappa shape index (κ3) is 4.04. The summed E-state index contributed by atoms with van der Waals surface area (Å²) in [5.74, 6) is -0.104. The van der Waals surface area contributed by atoms with Gasteiger partial charge < -0.3 is 10.2 Å². The second-order valence-corrected chi connectivity index (χ2v) is 7.69. The lowest BCUT2D eigenvalue weighted by Gasteiger charge is -2.33. The molecule has 26 heavy (non-hydrogen) atoms. The number of hydrogen-bond acceptors (Lipinski definition) is 4. The summed E-state index contributed by atoms with van der Waals surface area (Å²) in [4.78, 5) is 14.4. The summed E-state index contributed by atoms with van der Waals surface area (Å²) in [5.41, 5.74) is 3.59. The quantitative estimate of drug-likeness (QED) is 0.845. The minimum atomic E-state index is -3.70. The van der Waals surface area contributed by atoms with Gasteiger partial charge in [-0.25, -0.2) is 5.14 Å². The molecule has 0 saturated carbocycles. The van der Waals surface area contributed by atoms with Gasteiger partial charge >= 0.3 is 0 Å². The van der Waals surface area contributed by atoms with E-state index in [1.807, 2.05) is 49.5 Å². The van der Waals surface area contributed by atoms with Crippen molar-refractivity contribution in [3.63, 3.8) is 0 Å². The zero-order valence-corrected chi connectivity index (χ0v) is 15.4. The van der Waals surface area contributed by atoms with Crippen LogP contribution >= 0.6 is 0 Å². The molecular weight excluding hydrogens is 352 g/mol. The third-order valence-electron chi connectivity index (χ3n) is 4.50. The van der Waals surface area contributed by atoms with Gasteiger partial charge in [0.25, 0.3) is 16.1 Å². The summed E-state index contributed by atoms with van der Waals surface area (Å²) in [7, 11) is -1.83. The lowest BCUT2D eigenvalue weighted by atomic mass is 10.0. The number of benzene rings is 2. The maximum Gasteiger partial charge on any atom is 0.277 e. The Balaban J connectivity index is 1.74. The molecule has 2 aromatic carbocycles. The molecule has 1 fully saturated rings. The first-order valence-corrected chi connectivity index (χ1v) is 9.84. The number of anilines is 1. The first kappa shape index (κ1) is 18.4. The van der Waals surface area contributed by atoms with Crippen LogP contribution in [0.3, 0.4) is 0 Å². The molecule has 7 nitrogen and oxygen atoms in total. The number of hydrogen-bond donors (Lipinski definition) is 2. The van der Waals surface area contributed by atoms with Crippen LogP contribution in [0.1, 0.15) is 10.4 Å². The van der Waals surface area contributed by atoms with E-state index in [9.17, 15) is 13.2 Å². The molecule has 1 aliphatic rings. The number of amides is 1. The molecule has 1 amide bonds. The summed E-state index contributed by atoms with van der Waals surface area (Å²) in [6.07, 6.45) is 0. The molecule has 0 unspecified atom stereocenters. The molecule has 8 heteroatoms. The standard InChI is InChI=1S/C18H22N4O3S/c1-20-17-7-5-14(6-8-17)15-3-2-4-16(13-15)18(23)21-9-11-22(12-10-21)26(19,24)25/h2-8,13,20H,9-12H2,1H3,(H2,19,24,25). The van der Waals surface area contributed by atoms with E-state index in [0.717, 1.165) is 16.8 Å². The lowest BCUT2D eigenvalue weighted by molar-refractivity contribution is 0.0698. The highest BCUT2D eigenvalue weighted by Gasteiger charge is 2.27. The summed E-state index contributed by atoms with van der Waals surface area (Å²) >= 11 is 0. The lowest BCUT2D eigenvalue weighted by Crippen LogP contribution is -2.52. The first-order chi connectivity index (χ1) is 12.4. The van der Waals surface area contributed by atoms with E-state index in [4.69, 9.17) is 5.14 Å². The fraction of sp³-hybridized carbons (Fsp3) is 0.278. The molecule has 0 aliphatic carbocycles. The van der Waals surface area contributed by atoms with E-state index >= 15 is 0 Å². The van der Waals surface area contributed by atoms with Gasteiger partial charge in [0.1, 0.15) is 0 Å². The molecule has 3 rings (SSSR count). The van der Waals surface area contributed by atoms with Crippen LogP contribution in [0.15, 0.2) is 48.5 Å². The monoisotopic (exact) mass is 374 g/mol. The van der Waals surface area contributed by atoms with Crippen molar-refractivity contribution in [2.45, 2.75) is 0 Å². The zero-order chi connectivity index (χ0) is 18.7. The average Bonchev–Trinajstić information content (AvgIpc) is 2.67. The van der Waals surface area contributed by atoms with Gasteiger partial charge in [-0.3, -0.25) is 4.79 Å². The van der Waals surface area contributed by atoms with Crippen molar-refractivity contribution >= 4 is 21.8 Å². The third-order valence-corrected chi connectivity index (χ3v) is 5.59. The number of piperazine rings is 1. The van der Waals surface area contributed by atoms with Crippen LogP contribution in [0.25, 0.3) is 11.1 Å². The van der Waals surface area contributed by atoms with Gasteiger partial charge in [-0.1, -0.05) is 24.3 Å². The second-order valence-electron chi connectivity index (χ2n) is 6.14. The molecule has 1 saturated heterocycles. The Labute approximate surface area is 153 Å². The fourth-order valence-corrected chi connectivity index (χ4v) is 3.66. The van der Waals surface area contributed by atoms with E-state index in [1.165, 1.54) is 4.31 Å². The molecule has 0 bridgehead atoms. The van der Waals surface area contributed by atoms with Crippen LogP contribution in [-0.2, 0) is 10.2 Å². The van der Waals surface area contributed by atoms with E-state index in [0.29, 0.717) is 18.7 Å². The summed E-state index contributed by atoms with van der Waals surface area (Å²) in [6.45, 7) is 1.10. The highest BCUT2D eigenvalue weighted by Crippen LogP contribution is 2.23. The number of nitrogens with one attached hydrogen (secondary N) is 1. The van der Waals surface area contributed by atoms with E-state index in [-0.39, 0.29) is 19.0 Å². The molecule has 138 valence electrons. The number of carbonyl (C=O) groups is 1. The van der Waals surface area contributed by atoms with E-state index in [1.54, 1.807) is 11.0 Å². The molecular formula is C18H22N4O3S. The number of nitrogens with two attached hydrogens (primary N) is 1. The van der Waals surface area contributed by atoms with Crippen LogP contribution in [0.2, 0.25) is 0 Å². The van der Waals surface area contributed by atoms with Crippen molar-refractivity contribution in [1.29, 1.82) is 0 Å². The van der Waals surface area contributed by atoms with Gasteiger partial charge in [-0.15, -0.1) is 0 Å². The van der Waals surface area contributed by atoms with Crippen LogP contribution in [0.5, 0.6) is 0 Å². The summed E-state index contributed by atoms with van der Waals surface area (Å²) in [6, 6.07) is 15.4. The predicted octanol–water partition coefficient (Wildman–Crippen LogP) is 1.36. The van der Waals surface area contributed by atoms with Crippen LogP contribution in [-0.4, -0.2) is 56.8 Å². The van der Waals surface area contributed by atoms with Gasteiger partial charge in [0, 0.05) is 44.5 Å². The highest BCUT2D eigenvalue weighted by atomic mass is 32.2. The highest BCUT2D eigenvalue weighted by molar-refractivity contribution is 7.86. The molecule has 0 atom stereocenters. The van der Waals surface area contributed by atoms with Crippen molar-refractivity contribution in [3.05, 3.63) is 54.1 Å². The van der Waals surface area contributed by atoms with Crippen molar-refractivity contribution in [2.24, 2.45) is 5.14 Å². The van der Waals surface area contributed by atoms with Crippen molar-refractivity contribution < 1.29 is 13.2 Å². The number of carbonyl (C=O) groups excluding carboxylic acids is 1. The van der Waals surface area contributed by atoms with Crippen LogP contribution < -0.4 is 10.5 Å². The van der Waals surface area contributed by atoms with Crippen molar-refractivity contribution in [1.82, 2.24) is 9.21 Å². The van der Waals surface area contributed by atoms with Crippen molar-refractivity contribution in [3.8, 4) is 11.1 Å². The zero-order valence-electron chi connectivity index (χ0n) is 14.6. The van der Waals surface area contributed by atoms with Gasteiger partial charge in [0.15, 0.2) is 0 Å². The Kier molecular flexibility index (Phi) is 5.26. The SMILES string of the molecule is CNc1ccc(-c2cccc(C(=O)N3CCN(S(N)(=O)=O)CC3)c2)cc1. The molecule has 2 aromatic rings. The van der Waals surface area contributed by atoms with Gasteiger partial charge in [-0.2, -0.15) is 12.7 Å². The topological polar surface area (TPSA) is 95.7 Å². The van der Waals surface area contributed by atoms with Crippen LogP contribution in [0.4, 0.5) is 5.69 Å². The number of nitrogens with zero attached hydrogens (tertiary/aromatic N) is 2. The Morgan fingerprint density at radius 2 is 1.65 bits per heavy atom. The molecule has 0 aromatic heterocycles. The summed E-state index contributed by atoms with van der Waals surface area (Å²) in [5, 5.41) is 8.21. The molecule has 3 N–H and O–H groups in total. The molecule has 1 aliphatic heterocycles. The minimum absolute atomic E-state index is 0.104. The fourth-order valence-electron chi connectivity index (χ4n) is 2.99. The smallest absolute Gasteiger partial charge is 0.277 e. The first-order valence-electron chi connectivity index (χ1n) is 8.34. The average molecular weight is 374 g/mol. The number of rotatable bonds is 4. The molecule has 0 spiro atoms. The maximum absolute atomic E-state index is 12.8. The Hall–Kier alpha value is -2.42. The van der Waals surface area contributed by atoms with Gasteiger partial charge in [0.05, 0.1) is 0 Å². The minimum Gasteiger partial charge on any atom is -0.388 e. The molecule has 1 heterocycles. The van der Waals surface area contributed by atoms with E-state index < -0.39 is 10.2 Å². The van der Waals surface area contributed by atoms with Gasteiger partial charge in [0.2, 0.25) is 0 Å².